The van der Waals surface area contributed by atoms with Crippen molar-refractivity contribution >= 4 is 11.8 Å². The van der Waals surface area contributed by atoms with E-state index in [1.807, 2.05) is 6.92 Å². The minimum absolute atomic E-state index is 0.0711. The van der Waals surface area contributed by atoms with Gasteiger partial charge < -0.3 is 15.2 Å². The van der Waals surface area contributed by atoms with Crippen LogP contribution in [0.1, 0.15) is 43.0 Å². The van der Waals surface area contributed by atoms with E-state index in [1.54, 1.807) is 4.90 Å². The minimum atomic E-state index is -0.267. The molecule has 21 heavy (non-hydrogen) atoms. The van der Waals surface area contributed by atoms with Crippen LogP contribution in [0.25, 0.3) is 0 Å². The molecule has 0 aliphatic carbocycles. The van der Waals surface area contributed by atoms with E-state index in [1.165, 1.54) is 18.5 Å². The minimum Gasteiger partial charge on any atom is -0.367 e. The third kappa shape index (κ3) is 3.93. The SMILES string of the molecule is CCCC(=O)NC1CCN(C(=O)c2c[nH]ccc2=O)CC1. The monoisotopic (exact) mass is 291 g/mol. The summed E-state index contributed by atoms with van der Waals surface area (Å²) in [4.78, 5) is 39.9. The van der Waals surface area contributed by atoms with Crippen molar-refractivity contribution in [1.29, 1.82) is 0 Å². The Morgan fingerprint density at radius 2 is 2.10 bits per heavy atom. The summed E-state index contributed by atoms with van der Waals surface area (Å²) in [7, 11) is 0. The number of H-pyrrole nitrogens is 1. The molecule has 0 saturated carbocycles. The zero-order valence-electron chi connectivity index (χ0n) is 12.2. The van der Waals surface area contributed by atoms with E-state index in [-0.39, 0.29) is 28.8 Å². The molecule has 6 nitrogen and oxygen atoms in total. The molecule has 1 aliphatic heterocycles. The number of nitrogens with one attached hydrogen (secondary N) is 2. The third-order valence-electron chi connectivity index (χ3n) is 3.68. The van der Waals surface area contributed by atoms with Crippen molar-refractivity contribution < 1.29 is 9.59 Å². The van der Waals surface area contributed by atoms with E-state index in [4.69, 9.17) is 0 Å². The third-order valence-corrected chi connectivity index (χ3v) is 3.68. The number of carbonyl (C=O) groups is 2. The Balaban J connectivity index is 1.89. The lowest BCUT2D eigenvalue weighted by Crippen LogP contribution is -2.47. The van der Waals surface area contributed by atoms with E-state index >= 15 is 0 Å². The van der Waals surface area contributed by atoms with Gasteiger partial charge in [0.2, 0.25) is 5.91 Å². The van der Waals surface area contributed by atoms with E-state index < -0.39 is 0 Å². The second-order valence-electron chi connectivity index (χ2n) is 5.31. The largest absolute Gasteiger partial charge is 0.367 e. The number of hydrogen-bond acceptors (Lipinski definition) is 3. The maximum Gasteiger partial charge on any atom is 0.259 e. The molecule has 0 spiro atoms. The van der Waals surface area contributed by atoms with E-state index in [0.29, 0.717) is 19.5 Å². The van der Waals surface area contributed by atoms with Crippen LogP contribution in [-0.4, -0.2) is 40.8 Å². The van der Waals surface area contributed by atoms with Gasteiger partial charge in [-0.3, -0.25) is 14.4 Å². The molecule has 0 atom stereocenters. The van der Waals surface area contributed by atoms with Crippen molar-refractivity contribution in [3.05, 3.63) is 34.2 Å². The van der Waals surface area contributed by atoms with Crippen LogP contribution in [0.4, 0.5) is 0 Å². The first kappa shape index (κ1) is 15.3. The van der Waals surface area contributed by atoms with Gasteiger partial charge in [-0.05, 0) is 19.3 Å². The molecule has 1 aromatic heterocycles. The molecule has 2 amide bonds. The number of piperidine rings is 1. The molecule has 2 N–H and O–H groups in total. The summed E-state index contributed by atoms with van der Waals surface area (Å²) >= 11 is 0. The summed E-state index contributed by atoms with van der Waals surface area (Å²) in [6, 6.07) is 1.48. The van der Waals surface area contributed by atoms with E-state index in [0.717, 1.165) is 19.3 Å². The van der Waals surface area contributed by atoms with Gasteiger partial charge in [0.15, 0.2) is 5.43 Å². The van der Waals surface area contributed by atoms with Crippen LogP contribution in [0.3, 0.4) is 0 Å². The first-order chi connectivity index (χ1) is 10.1. The molecule has 0 radical (unpaired) electrons. The fraction of sp³-hybridized carbons (Fsp3) is 0.533. The van der Waals surface area contributed by atoms with Gasteiger partial charge in [0.1, 0.15) is 5.56 Å². The molecule has 114 valence electrons. The highest BCUT2D eigenvalue weighted by Crippen LogP contribution is 2.12. The number of amides is 2. The molecule has 1 aromatic rings. The average molecular weight is 291 g/mol. The van der Waals surface area contributed by atoms with Crippen molar-refractivity contribution in [2.45, 2.75) is 38.6 Å². The zero-order chi connectivity index (χ0) is 15.2. The predicted octanol–water partition coefficient (Wildman–Crippen LogP) is 0.896. The Labute approximate surface area is 123 Å². The summed E-state index contributed by atoms with van der Waals surface area (Å²) in [5, 5.41) is 2.99. The van der Waals surface area contributed by atoms with Crippen LogP contribution in [0.2, 0.25) is 0 Å². The van der Waals surface area contributed by atoms with Crippen LogP contribution in [0.15, 0.2) is 23.3 Å². The first-order valence-electron chi connectivity index (χ1n) is 7.37. The number of hydrogen-bond donors (Lipinski definition) is 2. The van der Waals surface area contributed by atoms with Crippen LogP contribution in [0, 0.1) is 0 Å². The van der Waals surface area contributed by atoms with Crippen molar-refractivity contribution in [2.75, 3.05) is 13.1 Å². The molecule has 6 heteroatoms. The lowest BCUT2D eigenvalue weighted by Gasteiger charge is -2.32. The van der Waals surface area contributed by atoms with Crippen molar-refractivity contribution in [3.63, 3.8) is 0 Å². The lowest BCUT2D eigenvalue weighted by atomic mass is 10.0. The fourth-order valence-corrected chi connectivity index (χ4v) is 2.51. The number of carbonyl (C=O) groups excluding carboxylic acids is 2. The Kier molecular flexibility index (Phi) is 5.14. The fourth-order valence-electron chi connectivity index (χ4n) is 2.51. The zero-order valence-corrected chi connectivity index (χ0v) is 12.2. The maximum atomic E-state index is 12.3. The number of pyridine rings is 1. The molecule has 0 bridgehead atoms. The molecule has 0 aromatic carbocycles. The number of likely N-dealkylation sites (tertiary alicyclic amines) is 1. The average Bonchev–Trinajstić information content (AvgIpc) is 2.48. The Bertz CT molecular complexity index is 559. The molecule has 1 fully saturated rings. The Morgan fingerprint density at radius 1 is 1.38 bits per heavy atom. The van der Waals surface area contributed by atoms with Gasteiger partial charge in [-0.1, -0.05) is 6.92 Å². The smallest absolute Gasteiger partial charge is 0.259 e. The summed E-state index contributed by atoms with van der Waals surface area (Å²) in [5.74, 6) is -0.169. The van der Waals surface area contributed by atoms with Crippen molar-refractivity contribution in [2.24, 2.45) is 0 Å². The molecule has 1 saturated heterocycles. The summed E-state index contributed by atoms with van der Waals surface area (Å²) in [5.41, 5.74) is -0.0944. The molecule has 0 unspecified atom stereocenters. The second kappa shape index (κ2) is 7.06. The molecular formula is C15H21N3O3. The molecule has 2 rings (SSSR count). The maximum absolute atomic E-state index is 12.3. The first-order valence-corrected chi connectivity index (χ1v) is 7.37. The van der Waals surface area contributed by atoms with Gasteiger partial charge in [0.05, 0.1) is 0 Å². The Morgan fingerprint density at radius 3 is 2.71 bits per heavy atom. The van der Waals surface area contributed by atoms with Crippen molar-refractivity contribution in [3.8, 4) is 0 Å². The summed E-state index contributed by atoms with van der Waals surface area (Å²) < 4.78 is 0. The number of rotatable bonds is 4. The summed E-state index contributed by atoms with van der Waals surface area (Å²) in [6.45, 7) is 3.09. The topological polar surface area (TPSA) is 82.3 Å². The van der Waals surface area contributed by atoms with Gasteiger partial charge in [0.25, 0.3) is 5.91 Å². The van der Waals surface area contributed by atoms with E-state index in [2.05, 4.69) is 10.3 Å². The van der Waals surface area contributed by atoms with Gasteiger partial charge in [0, 0.05) is 44.0 Å². The van der Waals surface area contributed by atoms with Crippen LogP contribution < -0.4 is 10.7 Å². The number of nitrogens with zero attached hydrogens (tertiary/aromatic N) is 1. The standard InChI is InChI=1S/C15H21N3O3/c1-2-3-14(20)17-11-5-8-18(9-6-11)15(21)12-10-16-7-4-13(12)19/h4,7,10-11H,2-3,5-6,8-9H2,1H3,(H,16,19)(H,17,20). The molecule has 2 heterocycles. The van der Waals surface area contributed by atoms with Gasteiger partial charge in [-0.2, -0.15) is 0 Å². The summed E-state index contributed by atoms with van der Waals surface area (Å²) in [6.07, 6.45) is 5.78. The van der Waals surface area contributed by atoms with Crippen LogP contribution >= 0.6 is 0 Å². The molecule has 1 aliphatic rings. The number of aromatic nitrogens is 1. The Hall–Kier alpha value is -2.11. The van der Waals surface area contributed by atoms with Gasteiger partial charge in [-0.25, -0.2) is 0 Å². The highest BCUT2D eigenvalue weighted by molar-refractivity contribution is 5.93. The quantitative estimate of drug-likeness (QED) is 0.864. The highest BCUT2D eigenvalue weighted by atomic mass is 16.2. The van der Waals surface area contributed by atoms with Gasteiger partial charge >= 0.3 is 0 Å². The highest BCUT2D eigenvalue weighted by Gasteiger charge is 2.25. The predicted molar refractivity (Wildman–Crippen MR) is 79.0 cm³/mol. The van der Waals surface area contributed by atoms with Crippen LogP contribution in [-0.2, 0) is 4.79 Å². The van der Waals surface area contributed by atoms with Gasteiger partial charge in [-0.15, -0.1) is 0 Å². The van der Waals surface area contributed by atoms with Crippen molar-refractivity contribution in [1.82, 2.24) is 15.2 Å². The van der Waals surface area contributed by atoms with Crippen LogP contribution in [0.5, 0.6) is 0 Å². The molecular weight excluding hydrogens is 270 g/mol. The second-order valence-corrected chi connectivity index (χ2v) is 5.31. The van der Waals surface area contributed by atoms with E-state index in [9.17, 15) is 14.4 Å². The lowest BCUT2D eigenvalue weighted by molar-refractivity contribution is -0.122. The number of aromatic amines is 1. The normalized spacial score (nSPS) is 15.8.